The van der Waals surface area contributed by atoms with Gasteiger partial charge in [0.05, 0.1) is 14.7 Å². The Morgan fingerprint density at radius 3 is 2.04 bits per heavy atom. The maximum Gasteiger partial charge on any atom is 0.0682 e. The Kier molecular flexibility index (Phi) is 11.6. The lowest BCUT2D eigenvalue weighted by Gasteiger charge is -2.39. The van der Waals surface area contributed by atoms with E-state index in [4.69, 9.17) is 9.84 Å². The number of ether oxygens (including phenoxy) is 1. The van der Waals surface area contributed by atoms with Crippen LogP contribution in [-0.4, -0.2) is 33.0 Å². The standard InChI is InChI=1S/C21H40O2Si/c1-4-7-16-24(17-8-5-2,18-9-6-3)21-13-10-12-20(21)19-23-15-11-14-22/h10,12-13,21-22H,4-9,11,14-19H2,1-3H3. The first-order chi connectivity index (χ1) is 11.7. The number of aliphatic hydroxyl groups excluding tert-OH is 1. The Hall–Kier alpha value is -0.383. The van der Waals surface area contributed by atoms with Gasteiger partial charge in [-0.3, -0.25) is 0 Å². The van der Waals surface area contributed by atoms with Crippen LogP contribution in [0, 0.1) is 0 Å². The van der Waals surface area contributed by atoms with Gasteiger partial charge in [-0.2, -0.15) is 0 Å². The zero-order valence-electron chi connectivity index (χ0n) is 16.4. The molecule has 0 saturated carbocycles. The van der Waals surface area contributed by atoms with Crippen LogP contribution in [0.15, 0.2) is 23.8 Å². The van der Waals surface area contributed by atoms with Crippen molar-refractivity contribution < 1.29 is 9.84 Å². The summed E-state index contributed by atoms with van der Waals surface area (Å²) in [5.74, 6) is 0. The Morgan fingerprint density at radius 2 is 1.54 bits per heavy atom. The van der Waals surface area contributed by atoms with Gasteiger partial charge >= 0.3 is 0 Å². The fraction of sp³-hybridized carbons (Fsp3) is 0.810. The molecular weight excluding hydrogens is 312 g/mol. The van der Waals surface area contributed by atoms with Crippen LogP contribution >= 0.6 is 0 Å². The van der Waals surface area contributed by atoms with Crippen LogP contribution in [0.5, 0.6) is 0 Å². The minimum absolute atomic E-state index is 0.225. The van der Waals surface area contributed by atoms with Gasteiger partial charge in [-0.15, -0.1) is 0 Å². The molecule has 2 nitrogen and oxygen atoms in total. The molecule has 1 atom stereocenters. The van der Waals surface area contributed by atoms with Gasteiger partial charge in [0.15, 0.2) is 0 Å². The molecule has 1 N–H and O–H groups in total. The summed E-state index contributed by atoms with van der Waals surface area (Å²) in [6, 6.07) is 4.44. The van der Waals surface area contributed by atoms with Crippen molar-refractivity contribution in [3.8, 4) is 0 Å². The van der Waals surface area contributed by atoms with Gasteiger partial charge in [0.25, 0.3) is 0 Å². The van der Waals surface area contributed by atoms with Gasteiger partial charge in [0.1, 0.15) is 0 Å². The SMILES string of the molecule is CCCC[Si](CCCC)(CCCC)C1C=CC=C1COCCCO. The van der Waals surface area contributed by atoms with Crippen molar-refractivity contribution in [3.63, 3.8) is 0 Å². The zero-order valence-corrected chi connectivity index (χ0v) is 17.4. The molecule has 3 heteroatoms. The molecule has 0 fully saturated rings. The molecule has 0 saturated heterocycles. The summed E-state index contributed by atoms with van der Waals surface area (Å²) in [6.45, 7) is 8.65. The van der Waals surface area contributed by atoms with E-state index in [1.807, 2.05) is 0 Å². The first-order valence-electron chi connectivity index (χ1n) is 10.3. The molecule has 0 aliphatic heterocycles. The van der Waals surface area contributed by atoms with Crippen molar-refractivity contribution in [1.29, 1.82) is 0 Å². The molecule has 0 radical (unpaired) electrons. The van der Waals surface area contributed by atoms with E-state index in [1.54, 1.807) is 0 Å². The third-order valence-electron chi connectivity index (χ3n) is 5.47. The highest BCUT2D eigenvalue weighted by atomic mass is 28.3. The highest BCUT2D eigenvalue weighted by Crippen LogP contribution is 2.45. The molecule has 0 aromatic carbocycles. The first-order valence-corrected chi connectivity index (χ1v) is 13.0. The summed E-state index contributed by atoms with van der Waals surface area (Å²) >= 11 is 0. The Bertz CT molecular complexity index is 354. The predicted molar refractivity (Wildman–Crippen MR) is 108 cm³/mol. The Morgan fingerprint density at radius 1 is 0.958 bits per heavy atom. The molecule has 1 unspecified atom stereocenters. The van der Waals surface area contributed by atoms with Gasteiger partial charge < -0.3 is 9.84 Å². The lowest BCUT2D eigenvalue weighted by Crippen LogP contribution is -2.40. The van der Waals surface area contributed by atoms with Crippen LogP contribution in [-0.2, 0) is 4.74 Å². The minimum Gasteiger partial charge on any atom is -0.396 e. The molecule has 0 aromatic rings. The molecule has 0 heterocycles. The van der Waals surface area contributed by atoms with Gasteiger partial charge in [-0.1, -0.05) is 95.7 Å². The van der Waals surface area contributed by atoms with Gasteiger partial charge in [-0.05, 0) is 17.5 Å². The van der Waals surface area contributed by atoms with Crippen molar-refractivity contribution in [2.45, 2.75) is 89.4 Å². The maximum atomic E-state index is 8.93. The van der Waals surface area contributed by atoms with Crippen LogP contribution in [0.25, 0.3) is 0 Å². The summed E-state index contributed by atoms with van der Waals surface area (Å²) in [5, 5.41) is 8.93. The third-order valence-corrected chi connectivity index (χ3v) is 11.4. The van der Waals surface area contributed by atoms with Gasteiger partial charge in [0, 0.05) is 13.2 Å². The average Bonchev–Trinajstić information content (AvgIpc) is 3.07. The summed E-state index contributed by atoms with van der Waals surface area (Å²) in [4.78, 5) is 0. The highest BCUT2D eigenvalue weighted by molar-refractivity contribution is 6.82. The lowest BCUT2D eigenvalue weighted by atomic mass is 10.2. The monoisotopic (exact) mass is 352 g/mol. The summed E-state index contributed by atoms with van der Waals surface area (Å²) in [7, 11) is -1.34. The molecule has 24 heavy (non-hydrogen) atoms. The van der Waals surface area contributed by atoms with Gasteiger partial charge in [-0.25, -0.2) is 0 Å². The van der Waals surface area contributed by atoms with Crippen molar-refractivity contribution >= 4 is 8.07 Å². The Labute approximate surface area is 151 Å². The summed E-state index contributed by atoms with van der Waals surface area (Å²) < 4.78 is 5.85. The number of rotatable bonds is 15. The number of hydrogen-bond acceptors (Lipinski definition) is 2. The van der Waals surface area contributed by atoms with E-state index >= 15 is 0 Å². The average molecular weight is 353 g/mol. The number of unbranched alkanes of at least 4 members (excludes halogenated alkanes) is 3. The normalized spacial score (nSPS) is 17.5. The summed E-state index contributed by atoms with van der Waals surface area (Å²) in [6.07, 6.45) is 16.0. The fourth-order valence-corrected chi connectivity index (χ4v) is 10.4. The van der Waals surface area contributed by atoms with Crippen LogP contribution in [0.4, 0.5) is 0 Å². The number of aliphatic hydroxyl groups is 1. The Balaban J connectivity index is 2.84. The second-order valence-corrected chi connectivity index (χ2v) is 12.3. The molecule has 1 aliphatic carbocycles. The number of hydrogen-bond donors (Lipinski definition) is 1. The molecule has 0 aromatic heterocycles. The van der Waals surface area contributed by atoms with Crippen molar-refractivity contribution in [3.05, 3.63) is 23.8 Å². The second-order valence-electron chi connectivity index (χ2n) is 7.41. The molecule has 0 spiro atoms. The largest absolute Gasteiger partial charge is 0.396 e. The molecular formula is C21H40O2Si. The second kappa shape index (κ2) is 12.9. The van der Waals surface area contributed by atoms with E-state index in [9.17, 15) is 0 Å². The van der Waals surface area contributed by atoms with Crippen molar-refractivity contribution in [2.75, 3.05) is 19.8 Å². The van der Waals surface area contributed by atoms with Crippen molar-refractivity contribution in [2.24, 2.45) is 0 Å². The van der Waals surface area contributed by atoms with E-state index in [0.717, 1.165) is 13.0 Å². The molecule has 140 valence electrons. The van der Waals surface area contributed by atoms with E-state index in [1.165, 1.54) is 62.2 Å². The van der Waals surface area contributed by atoms with Crippen LogP contribution in [0.2, 0.25) is 23.7 Å². The van der Waals surface area contributed by atoms with Crippen LogP contribution in [0.3, 0.4) is 0 Å². The first kappa shape index (κ1) is 21.7. The topological polar surface area (TPSA) is 29.5 Å². The zero-order chi connectivity index (χ0) is 17.7. The smallest absolute Gasteiger partial charge is 0.0682 e. The molecule has 0 amide bonds. The van der Waals surface area contributed by atoms with E-state index in [0.29, 0.717) is 12.1 Å². The minimum atomic E-state index is -1.34. The van der Waals surface area contributed by atoms with Crippen molar-refractivity contribution in [1.82, 2.24) is 0 Å². The van der Waals surface area contributed by atoms with E-state index in [-0.39, 0.29) is 6.61 Å². The van der Waals surface area contributed by atoms with Crippen LogP contribution in [0.1, 0.15) is 65.7 Å². The third kappa shape index (κ3) is 6.85. The fourth-order valence-electron chi connectivity index (χ4n) is 4.04. The van der Waals surface area contributed by atoms with E-state index < -0.39 is 8.07 Å². The van der Waals surface area contributed by atoms with Gasteiger partial charge in [0.2, 0.25) is 0 Å². The molecule has 0 bridgehead atoms. The quantitative estimate of drug-likeness (QED) is 0.285. The molecule has 1 rings (SSSR count). The maximum absolute atomic E-state index is 8.93. The highest BCUT2D eigenvalue weighted by Gasteiger charge is 2.40. The van der Waals surface area contributed by atoms with E-state index in [2.05, 4.69) is 39.0 Å². The summed E-state index contributed by atoms with van der Waals surface area (Å²) in [5.41, 5.74) is 2.21. The predicted octanol–water partition coefficient (Wildman–Crippen LogP) is 6.10. The molecule has 1 aliphatic rings. The number of allylic oxidation sites excluding steroid dienone is 3. The van der Waals surface area contributed by atoms with Crippen LogP contribution < -0.4 is 0 Å². The lowest BCUT2D eigenvalue weighted by molar-refractivity contribution is 0.133.